The van der Waals surface area contributed by atoms with Crippen LogP contribution < -0.4 is 14.4 Å². The summed E-state index contributed by atoms with van der Waals surface area (Å²) in [7, 11) is 1.61. The molecule has 0 aliphatic carbocycles. The van der Waals surface area contributed by atoms with E-state index in [4.69, 9.17) is 21.7 Å². The van der Waals surface area contributed by atoms with Crippen LogP contribution in [0.3, 0.4) is 0 Å². The van der Waals surface area contributed by atoms with E-state index in [1.54, 1.807) is 12.0 Å². The van der Waals surface area contributed by atoms with Gasteiger partial charge in [0.2, 0.25) is 0 Å². The second-order valence-corrected chi connectivity index (χ2v) is 8.79. The zero-order valence-electron chi connectivity index (χ0n) is 17.5. The number of methoxy groups -OCH3 is 1. The summed E-state index contributed by atoms with van der Waals surface area (Å²) in [5.41, 5.74) is 1.63. The lowest BCUT2D eigenvalue weighted by Crippen LogP contribution is -2.27. The van der Waals surface area contributed by atoms with Gasteiger partial charge in [-0.15, -0.1) is 0 Å². The number of rotatable bonds is 7. The fraction of sp³-hybridized carbons (Fsp3) is 0.200. The number of carbonyl (C=O) groups excluding carboxylic acids is 1. The molecule has 1 fully saturated rings. The van der Waals surface area contributed by atoms with Crippen LogP contribution in [-0.4, -0.2) is 23.9 Å². The molecule has 0 spiro atoms. The average Bonchev–Trinajstić information content (AvgIpc) is 3.08. The van der Waals surface area contributed by atoms with E-state index in [0.29, 0.717) is 15.8 Å². The molecule has 1 aliphatic heterocycles. The third kappa shape index (κ3) is 4.45. The van der Waals surface area contributed by atoms with E-state index >= 15 is 0 Å². The fourth-order valence-electron chi connectivity index (χ4n) is 3.43. The number of hydrogen-bond acceptors (Lipinski definition) is 5. The number of thiocarbonyl (C=S) groups is 1. The van der Waals surface area contributed by atoms with E-state index < -0.39 is 0 Å². The van der Waals surface area contributed by atoms with Gasteiger partial charge in [-0.3, -0.25) is 9.69 Å². The zero-order chi connectivity index (χ0) is 21.8. The van der Waals surface area contributed by atoms with Gasteiger partial charge in [0.1, 0.15) is 11.5 Å². The summed E-state index contributed by atoms with van der Waals surface area (Å²) in [6, 6.07) is 19.5. The second kappa shape index (κ2) is 9.54. The van der Waals surface area contributed by atoms with Gasteiger partial charge in [0.05, 0.1) is 24.3 Å². The number of hydrogen-bond donors (Lipinski definition) is 0. The van der Waals surface area contributed by atoms with Gasteiger partial charge < -0.3 is 9.47 Å². The molecule has 0 N–H and O–H groups in total. The summed E-state index contributed by atoms with van der Waals surface area (Å²) in [5.74, 6) is 1.38. The lowest BCUT2D eigenvalue weighted by Gasteiger charge is -2.15. The van der Waals surface area contributed by atoms with E-state index in [0.717, 1.165) is 46.4 Å². The normalized spacial score (nSPS) is 15.2. The molecule has 0 radical (unpaired) electrons. The molecule has 1 aliphatic rings. The number of fused-ring (bicyclic) bond motifs is 1. The van der Waals surface area contributed by atoms with Gasteiger partial charge in [-0.1, -0.05) is 67.7 Å². The molecule has 0 aromatic heterocycles. The van der Waals surface area contributed by atoms with E-state index in [9.17, 15) is 4.79 Å². The van der Waals surface area contributed by atoms with Crippen LogP contribution in [-0.2, 0) is 4.79 Å². The number of ether oxygens (including phenoxy) is 2. The smallest absolute Gasteiger partial charge is 0.270 e. The molecule has 1 amide bonds. The van der Waals surface area contributed by atoms with Crippen LogP contribution in [0.15, 0.2) is 65.6 Å². The minimum Gasteiger partial charge on any atom is -0.497 e. The van der Waals surface area contributed by atoms with E-state index in [1.807, 2.05) is 48.5 Å². The monoisotopic (exact) mass is 449 g/mol. The lowest BCUT2D eigenvalue weighted by molar-refractivity contribution is -0.113. The minimum absolute atomic E-state index is 0.132. The van der Waals surface area contributed by atoms with Crippen molar-refractivity contribution in [1.82, 2.24) is 0 Å². The number of anilines is 1. The molecule has 4 nitrogen and oxygen atoms in total. The van der Waals surface area contributed by atoms with Crippen molar-refractivity contribution in [3.63, 3.8) is 0 Å². The number of amides is 1. The minimum atomic E-state index is -0.132. The van der Waals surface area contributed by atoms with Gasteiger partial charge in [0, 0.05) is 5.56 Å². The first-order valence-corrected chi connectivity index (χ1v) is 11.4. The molecule has 6 heteroatoms. The van der Waals surface area contributed by atoms with Crippen molar-refractivity contribution < 1.29 is 14.3 Å². The lowest BCUT2D eigenvalue weighted by atomic mass is 10.0. The van der Waals surface area contributed by atoms with Crippen molar-refractivity contribution in [1.29, 1.82) is 0 Å². The highest BCUT2D eigenvalue weighted by Crippen LogP contribution is 2.39. The third-order valence-corrected chi connectivity index (χ3v) is 6.39. The Morgan fingerprint density at radius 2 is 1.84 bits per heavy atom. The SMILES string of the molecule is CCCCOc1ccc2ccccc2c1/C=C1/SC(=S)N(c2ccc(OC)cc2)C1=O. The summed E-state index contributed by atoms with van der Waals surface area (Å²) in [6.07, 6.45) is 3.95. The summed E-state index contributed by atoms with van der Waals surface area (Å²) in [4.78, 5) is 15.4. The van der Waals surface area contributed by atoms with Crippen molar-refractivity contribution >= 4 is 56.7 Å². The number of carbonyl (C=O) groups is 1. The van der Waals surface area contributed by atoms with Crippen LogP contribution in [0, 0.1) is 0 Å². The van der Waals surface area contributed by atoms with Gasteiger partial charge in [0.25, 0.3) is 5.91 Å². The summed E-state index contributed by atoms with van der Waals surface area (Å²) >= 11 is 6.84. The Balaban J connectivity index is 1.72. The fourth-order valence-corrected chi connectivity index (χ4v) is 4.71. The van der Waals surface area contributed by atoms with E-state index in [-0.39, 0.29) is 5.91 Å². The number of nitrogens with zero attached hydrogens (tertiary/aromatic N) is 1. The highest BCUT2D eigenvalue weighted by molar-refractivity contribution is 8.27. The number of benzene rings is 3. The van der Waals surface area contributed by atoms with Gasteiger partial charge in [-0.2, -0.15) is 0 Å². The standard InChI is InChI=1S/C25H23NO3S2/c1-3-4-15-29-22-14-9-17-7-5-6-8-20(17)21(22)16-23-24(27)26(25(30)31-23)18-10-12-19(28-2)13-11-18/h5-14,16H,3-4,15H2,1-2H3/b23-16+. The van der Waals surface area contributed by atoms with Gasteiger partial charge >= 0.3 is 0 Å². The molecule has 4 rings (SSSR count). The predicted octanol–water partition coefficient (Wildman–Crippen LogP) is 6.43. The Morgan fingerprint density at radius 1 is 1.06 bits per heavy atom. The Morgan fingerprint density at radius 3 is 2.58 bits per heavy atom. The number of thioether (sulfide) groups is 1. The molecular weight excluding hydrogens is 426 g/mol. The van der Waals surface area contributed by atoms with Crippen molar-refractivity contribution in [2.75, 3.05) is 18.6 Å². The van der Waals surface area contributed by atoms with Crippen LogP contribution in [0.25, 0.3) is 16.8 Å². The van der Waals surface area contributed by atoms with Crippen LogP contribution in [0.2, 0.25) is 0 Å². The molecule has 0 saturated carbocycles. The topological polar surface area (TPSA) is 38.8 Å². The highest BCUT2D eigenvalue weighted by Gasteiger charge is 2.33. The second-order valence-electron chi connectivity index (χ2n) is 7.12. The zero-order valence-corrected chi connectivity index (χ0v) is 19.1. The summed E-state index contributed by atoms with van der Waals surface area (Å²) < 4.78 is 11.8. The quantitative estimate of drug-likeness (QED) is 0.236. The molecule has 3 aromatic rings. The van der Waals surface area contributed by atoms with Gasteiger partial charge in [-0.05, 0) is 53.6 Å². The Kier molecular flexibility index (Phi) is 6.59. The first-order chi connectivity index (χ1) is 15.1. The van der Waals surface area contributed by atoms with Crippen molar-refractivity contribution in [2.45, 2.75) is 19.8 Å². The van der Waals surface area contributed by atoms with Crippen LogP contribution in [0.5, 0.6) is 11.5 Å². The first-order valence-electron chi connectivity index (χ1n) is 10.2. The van der Waals surface area contributed by atoms with Gasteiger partial charge in [-0.25, -0.2) is 0 Å². The first kappa shape index (κ1) is 21.4. The van der Waals surface area contributed by atoms with Gasteiger partial charge in [0.15, 0.2) is 4.32 Å². The number of unbranched alkanes of at least 4 members (excludes halogenated alkanes) is 1. The molecule has 0 bridgehead atoms. The summed E-state index contributed by atoms with van der Waals surface area (Å²) in [6.45, 7) is 2.78. The maximum Gasteiger partial charge on any atom is 0.270 e. The third-order valence-electron chi connectivity index (χ3n) is 5.09. The maximum atomic E-state index is 13.3. The Hall–Kier alpha value is -2.83. The van der Waals surface area contributed by atoms with E-state index in [1.165, 1.54) is 11.8 Å². The molecule has 3 aromatic carbocycles. The Bertz CT molecular complexity index is 1160. The molecule has 0 atom stereocenters. The predicted molar refractivity (Wildman–Crippen MR) is 133 cm³/mol. The molecule has 31 heavy (non-hydrogen) atoms. The molecule has 1 heterocycles. The molecular formula is C25H23NO3S2. The van der Waals surface area contributed by atoms with E-state index in [2.05, 4.69) is 25.1 Å². The maximum absolute atomic E-state index is 13.3. The molecule has 158 valence electrons. The summed E-state index contributed by atoms with van der Waals surface area (Å²) in [5, 5.41) is 2.15. The van der Waals surface area contributed by atoms with Crippen molar-refractivity contribution in [3.8, 4) is 11.5 Å². The molecule has 1 saturated heterocycles. The average molecular weight is 450 g/mol. The Labute approximate surface area is 191 Å². The van der Waals surface area contributed by atoms with Crippen LogP contribution >= 0.6 is 24.0 Å². The largest absolute Gasteiger partial charge is 0.497 e. The van der Waals surface area contributed by atoms with Crippen molar-refractivity contribution in [3.05, 3.63) is 71.1 Å². The molecule has 0 unspecified atom stereocenters. The highest BCUT2D eigenvalue weighted by atomic mass is 32.2. The van der Waals surface area contributed by atoms with Crippen molar-refractivity contribution in [2.24, 2.45) is 0 Å². The van der Waals surface area contributed by atoms with Crippen LogP contribution in [0.4, 0.5) is 5.69 Å². The van der Waals surface area contributed by atoms with Crippen LogP contribution in [0.1, 0.15) is 25.3 Å².